The molecule has 0 unspecified atom stereocenters. The molecule has 0 aliphatic heterocycles. The number of halogens is 1. The summed E-state index contributed by atoms with van der Waals surface area (Å²) in [5.41, 5.74) is 6.61. The highest BCUT2D eigenvalue weighted by molar-refractivity contribution is 7.80. The van der Waals surface area contributed by atoms with Crippen LogP contribution in [0, 0.1) is 5.82 Å². The molecule has 0 aliphatic rings. The van der Waals surface area contributed by atoms with E-state index in [1.165, 1.54) is 6.07 Å². The molecule has 0 saturated carbocycles. The number of benzene rings is 1. The molecule has 1 aromatic carbocycles. The lowest BCUT2D eigenvalue weighted by molar-refractivity contribution is 0.341. The maximum atomic E-state index is 14.2. The fourth-order valence-corrected chi connectivity index (χ4v) is 2.77. The Bertz CT molecular complexity index is 664. The predicted octanol–water partition coefficient (Wildman–Crippen LogP) is 3.86. The van der Waals surface area contributed by atoms with Gasteiger partial charge in [-0.1, -0.05) is 0 Å². The molecule has 2 rings (SSSR count). The average molecular weight is 335 g/mol. The number of thiol groups is 1. The minimum atomic E-state index is -0.781. The van der Waals surface area contributed by atoms with Gasteiger partial charge in [0.1, 0.15) is 5.82 Å². The number of aromatic nitrogens is 1. The maximum Gasteiger partial charge on any atom is 0.173 e. The van der Waals surface area contributed by atoms with Gasteiger partial charge in [-0.05, 0) is 56.4 Å². The van der Waals surface area contributed by atoms with Gasteiger partial charge in [-0.3, -0.25) is 0 Å². The van der Waals surface area contributed by atoms with Crippen molar-refractivity contribution in [3.63, 3.8) is 0 Å². The highest BCUT2D eigenvalue weighted by Gasteiger charge is 2.24. The second-order valence-corrected chi connectivity index (χ2v) is 5.94. The fraction of sp³-hybridized carbons (Fsp3) is 0.353. The third-order valence-electron chi connectivity index (χ3n) is 3.55. The quantitative estimate of drug-likeness (QED) is 0.673. The van der Waals surface area contributed by atoms with Gasteiger partial charge in [-0.15, -0.1) is 0 Å². The number of nitrogens with one attached hydrogen (secondary N) is 1. The number of anilines is 2. The van der Waals surface area contributed by atoms with E-state index in [0.29, 0.717) is 41.6 Å². The molecular weight excluding hydrogens is 313 g/mol. The van der Waals surface area contributed by atoms with Gasteiger partial charge in [0.05, 0.1) is 6.61 Å². The van der Waals surface area contributed by atoms with Crippen LogP contribution in [0.1, 0.15) is 25.8 Å². The molecule has 0 amide bonds. The number of hydrogen-bond donors (Lipinski definition) is 3. The van der Waals surface area contributed by atoms with Crippen LogP contribution in [0.15, 0.2) is 36.5 Å². The highest BCUT2D eigenvalue weighted by Crippen LogP contribution is 2.30. The first-order valence-corrected chi connectivity index (χ1v) is 8.15. The molecule has 0 saturated heterocycles. The first kappa shape index (κ1) is 17.6. The Kier molecular flexibility index (Phi) is 5.85. The molecule has 6 heteroatoms. The van der Waals surface area contributed by atoms with Gasteiger partial charge >= 0.3 is 0 Å². The highest BCUT2D eigenvalue weighted by atomic mass is 32.1. The minimum Gasteiger partial charge on any atom is -0.490 e. The Labute approximate surface area is 141 Å². The van der Waals surface area contributed by atoms with Crippen LogP contribution in [0.3, 0.4) is 0 Å². The predicted molar refractivity (Wildman–Crippen MR) is 95.1 cm³/mol. The first-order chi connectivity index (χ1) is 11.0. The van der Waals surface area contributed by atoms with Crippen molar-refractivity contribution in [1.29, 1.82) is 0 Å². The van der Waals surface area contributed by atoms with E-state index in [9.17, 15) is 4.39 Å². The Morgan fingerprint density at radius 1 is 1.39 bits per heavy atom. The zero-order valence-corrected chi connectivity index (χ0v) is 14.2. The van der Waals surface area contributed by atoms with Crippen molar-refractivity contribution >= 4 is 24.1 Å². The molecule has 0 bridgehead atoms. The average Bonchev–Trinajstić information content (AvgIpc) is 2.51. The summed E-state index contributed by atoms with van der Waals surface area (Å²) in [5, 5.41) is 3.16. The van der Waals surface area contributed by atoms with Crippen molar-refractivity contribution in [3.8, 4) is 5.75 Å². The van der Waals surface area contributed by atoms with E-state index in [4.69, 9.17) is 10.5 Å². The molecule has 1 aromatic heterocycles. The summed E-state index contributed by atoms with van der Waals surface area (Å²) in [4.78, 5) is 4.27. The van der Waals surface area contributed by atoms with Gasteiger partial charge in [0.25, 0.3) is 0 Å². The fourth-order valence-electron chi connectivity index (χ4n) is 2.30. The molecular formula is C17H22FN3OS. The summed E-state index contributed by atoms with van der Waals surface area (Å²) in [5.74, 6) is 1.48. The molecule has 3 N–H and O–H groups in total. The largest absolute Gasteiger partial charge is 0.490 e. The first-order valence-electron chi connectivity index (χ1n) is 7.52. The molecule has 4 nitrogen and oxygen atoms in total. The number of ether oxygens (including phenoxy) is 1. The smallest absolute Gasteiger partial charge is 0.173 e. The summed E-state index contributed by atoms with van der Waals surface area (Å²) in [7, 11) is 0. The van der Waals surface area contributed by atoms with Crippen LogP contribution in [0.5, 0.6) is 5.75 Å². The topological polar surface area (TPSA) is 60.2 Å². The van der Waals surface area contributed by atoms with Crippen molar-refractivity contribution in [2.45, 2.75) is 25.8 Å². The van der Waals surface area contributed by atoms with Gasteiger partial charge in [-0.2, -0.15) is 12.6 Å². The summed E-state index contributed by atoms with van der Waals surface area (Å²) in [6, 6.07) is 8.40. The van der Waals surface area contributed by atoms with E-state index in [-0.39, 0.29) is 5.82 Å². The van der Waals surface area contributed by atoms with Crippen LogP contribution in [-0.2, 0) is 5.54 Å². The molecule has 0 radical (unpaired) electrons. The van der Waals surface area contributed by atoms with Crippen LogP contribution in [0.25, 0.3) is 0 Å². The lowest BCUT2D eigenvalue weighted by Gasteiger charge is -2.25. The van der Waals surface area contributed by atoms with Crippen molar-refractivity contribution in [3.05, 3.63) is 47.9 Å². The molecule has 1 atom stereocenters. The minimum absolute atomic E-state index is 0.326. The molecule has 0 spiro atoms. The summed E-state index contributed by atoms with van der Waals surface area (Å²) >= 11 is 4.20. The zero-order valence-electron chi connectivity index (χ0n) is 13.3. The van der Waals surface area contributed by atoms with Crippen molar-refractivity contribution in [1.82, 2.24) is 4.98 Å². The normalized spacial score (nSPS) is 13.4. The van der Waals surface area contributed by atoms with Crippen LogP contribution in [-0.4, -0.2) is 17.3 Å². The van der Waals surface area contributed by atoms with Gasteiger partial charge in [-0.25, -0.2) is 9.37 Å². The van der Waals surface area contributed by atoms with Crippen LogP contribution in [0.2, 0.25) is 0 Å². The molecule has 23 heavy (non-hydrogen) atoms. The monoisotopic (exact) mass is 335 g/mol. The van der Waals surface area contributed by atoms with Crippen LogP contribution in [0.4, 0.5) is 15.9 Å². The second kappa shape index (κ2) is 7.66. The summed E-state index contributed by atoms with van der Waals surface area (Å²) < 4.78 is 19.7. The number of pyridine rings is 1. The third-order valence-corrected chi connectivity index (χ3v) is 3.77. The van der Waals surface area contributed by atoms with Gasteiger partial charge in [0, 0.05) is 23.0 Å². The number of nitrogens with two attached hydrogens (primary N) is 1. The van der Waals surface area contributed by atoms with Crippen LogP contribution < -0.4 is 15.8 Å². The Balaban J connectivity index is 2.32. The lowest BCUT2D eigenvalue weighted by atomic mass is 9.89. The van der Waals surface area contributed by atoms with Gasteiger partial charge in [0.15, 0.2) is 11.6 Å². The number of hydrogen-bond acceptors (Lipinski definition) is 5. The molecule has 1 heterocycles. The standard InChI is InChI=1S/C17H22FN3OS/c1-3-22-15-5-4-9-20-16(15)21-12-6-7-14(18)13(11-12)17(2,19)8-10-23/h4-7,9,11,23H,3,8,10,19H2,1-2H3,(H,20,21)/t17-/m0/s1. The van der Waals surface area contributed by atoms with E-state index < -0.39 is 5.54 Å². The van der Waals surface area contributed by atoms with Gasteiger partial charge in [0.2, 0.25) is 0 Å². The van der Waals surface area contributed by atoms with Crippen molar-refractivity contribution in [2.24, 2.45) is 5.73 Å². The van der Waals surface area contributed by atoms with Crippen molar-refractivity contribution < 1.29 is 9.13 Å². The van der Waals surface area contributed by atoms with E-state index in [1.807, 2.05) is 13.0 Å². The molecule has 0 aliphatic carbocycles. The van der Waals surface area contributed by atoms with E-state index >= 15 is 0 Å². The van der Waals surface area contributed by atoms with Crippen LogP contribution >= 0.6 is 12.6 Å². The van der Waals surface area contributed by atoms with Gasteiger partial charge < -0.3 is 15.8 Å². The number of nitrogens with zero attached hydrogens (tertiary/aromatic N) is 1. The third kappa shape index (κ3) is 4.36. The molecule has 0 fully saturated rings. The van der Waals surface area contributed by atoms with E-state index in [0.717, 1.165) is 0 Å². The summed E-state index contributed by atoms with van der Waals surface area (Å²) in [6.07, 6.45) is 2.24. The molecule has 124 valence electrons. The SMILES string of the molecule is CCOc1cccnc1Nc1ccc(F)c([C@@](C)(N)CCS)c1. The summed E-state index contributed by atoms with van der Waals surface area (Å²) in [6.45, 7) is 4.25. The molecule has 2 aromatic rings. The Hall–Kier alpha value is -1.79. The second-order valence-electron chi connectivity index (χ2n) is 5.49. The maximum absolute atomic E-state index is 14.2. The van der Waals surface area contributed by atoms with E-state index in [2.05, 4.69) is 22.9 Å². The number of rotatable bonds is 7. The Morgan fingerprint density at radius 2 is 2.17 bits per heavy atom. The Morgan fingerprint density at radius 3 is 2.87 bits per heavy atom. The lowest BCUT2D eigenvalue weighted by Crippen LogP contribution is -2.34. The van der Waals surface area contributed by atoms with E-state index in [1.54, 1.807) is 31.3 Å². The zero-order chi connectivity index (χ0) is 16.9. The van der Waals surface area contributed by atoms with Crippen molar-refractivity contribution in [2.75, 3.05) is 17.7 Å².